The molecule has 0 aliphatic carbocycles. The summed E-state index contributed by atoms with van der Waals surface area (Å²) >= 11 is 0. The number of aromatic nitrogens is 2. The molecule has 0 unspecified atom stereocenters. The molecule has 0 saturated heterocycles. The van der Waals surface area contributed by atoms with Gasteiger partial charge in [-0.15, -0.1) is 0 Å². The van der Waals surface area contributed by atoms with Crippen LogP contribution in [0.4, 0.5) is 5.95 Å². The Bertz CT molecular complexity index is 319. The van der Waals surface area contributed by atoms with E-state index < -0.39 is 0 Å². The van der Waals surface area contributed by atoms with Crippen molar-refractivity contribution in [3.05, 3.63) is 22.1 Å². The van der Waals surface area contributed by atoms with Crippen LogP contribution in [0.25, 0.3) is 0 Å². The minimum absolute atomic E-state index is 0.0922. The highest BCUT2D eigenvalue weighted by Gasteiger charge is 1.97. The molecule has 0 aliphatic rings. The van der Waals surface area contributed by atoms with Crippen molar-refractivity contribution in [2.45, 2.75) is 26.7 Å². The van der Waals surface area contributed by atoms with Gasteiger partial charge in [0.25, 0.3) is 5.56 Å². The van der Waals surface area contributed by atoms with Gasteiger partial charge in [0.1, 0.15) is 0 Å². The van der Waals surface area contributed by atoms with Gasteiger partial charge in [-0.25, -0.2) is 4.98 Å². The molecule has 72 valence electrons. The van der Waals surface area contributed by atoms with Crippen molar-refractivity contribution in [1.82, 2.24) is 9.97 Å². The van der Waals surface area contributed by atoms with Gasteiger partial charge in [-0.2, -0.15) is 0 Å². The van der Waals surface area contributed by atoms with Crippen LogP contribution in [0, 0.1) is 0 Å². The van der Waals surface area contributed by atoms with Crippen LogP contribution < -0.4 is 10.9 Å². The highest BCUT2D eigenvalue weighted by Crippen LogP contribution is 1.97. The van der Waals surface area contributed by atoms with E-state index in [-0.39, 0.29) is 5.56 Å². The van der Waals surface area contributed by atoms with E-state index in [9.17, 15) is 4.79 Å². The highest BCUT2D eigenvalue weighted by molar-refractivity contribution is 5.24. The highest BCUT2D eigenvalue weighted by atomic mass is 16.1. The van der Waals surface area contributed by atoms with Crippen LogP contribution in [0.1, 0.15) is 26.0 Å². The van der Waals surface area contributed by atoms with Crippen LogP contribution in [0.15, 0.2) is 10.9 Å². The van der Waals surface area contributed by atoms with E-state index in [1.54, 1.807) is 0 Å². The Balaban J connectivity index is 2.82. The fraction of sp³-hybridized carbons (Fsp3) is 0.556. The molecule has 0 bridgehead atoms. The lowest BCUT2D eigenvalue weighted by molar-refractivity contribution is 0.922. The Morgan fingerprint density at radius 2 is 2.31 bits per heavy atom. The Kier molecular flexibility index (Phi) is 3.49. The van der Waals surface area contributed by atoms with Crippen LogP contribution >= 0.6 is 0 Å². The number of anilines is 1. The van der Waals surface area contributed by atoms with E-state index >= 15 is 0 Å². The van der Waals surface area contributed by atoms with E-state index in [0.29, 0.717) is 5.95 Å². The molecule has 0 amide bonds. The maximum Gasteiger partial charge on any atom is 0.252 e. The van der Waals surface area contributed by atoms with Gasteiger partial charge in [0.15, 0.2) is 0 Å². The van der Waals surface area contributed by atoms with Crippen molar-refractivity contribution in [1.29, 1.82) is 0 Å². The van der Waals surface area contributed by atoms with Crippen molar-refractivity contribution in [2.75, 3.05) is 11.9 Å². The largest absolute Gasteiger partial charge is 0.356 e. The standard InChI is InChI=1S/C9H15N3O/c1-3-5-10-9-11-7(4-2)6-8(13)12-9/h6H,3-5H2,1-2H3,(H2,10,11,12,13). The molecule has 0 atom stereocenters. The third-order valence-electron chi connectivity index (χ3n) is 1.70. The van der Waals surface area contributed by atoms with Gasteiger partial charge in [0.2, 0.25) is 5.95 Å². The predicted octanol–water partition coefficient (Wildman–Crippen LogP) is 1.15. The maximum atomic E-state index is 11.1. The van der Waals surface area contributed by atoms with E-state index in [1.807, 2.05) is 6.92 Å². The van der Waals surface area contributed by atoms with Gasteiger partial charge >= 0.3 is 0 Å². The number of H-pyrrole nitrogens is 1. The van der Waals surface area contributed by atoms with Gasteiger partial charge in [0, 0.05) is 18.3 Å². The molecule has 0 aliphatic heterocycles. The average Bonchev–Trinajstić information content (AvgIpc) is 2.14. The Morgan fingerprint density at radius 1 is 1.54 bits per heavy atom. The first kappa shape index (κ1) is 9.77. The first-order chi connectivity index (χ1) is 6.26. The van der Waals surface area contributed by atoms with Crippen LogP contribution in [-0.4, -0.2) is 16.5 Å². The molecule has 4 nitrogen and oxygen atoms in total. The van der Waals surface area contributed by atoms with Gasteiger partial charge in [-0.05, 0) is 12.8 Å². The summed E-state index contributed by atoms with van der Waals surface area (Å²) in [5.74, 6) is 0.575. The first-order valence-electron chi connectivity index (χ1n) is 4.60. The van der Waals surface area contributed by atoms with E-state index in [1.165, 1.54) is 6.07 Å². The molecular weight excluding hydrogens is 166 g/mol. The molecule has 0 saturated carbocycles. The summed E-state index contributed by atoms with van der Waals surface area (Å²) in [5.41, 5.74) is 0.729. The number of hydrogen-bond donors (Lipinski definition) is 2. The summed E-state index contributed by atoms with van der Waals surface area (Å²) in [6.45, 7) is 4.87. The summed E-state index contributed by atoms with van der Waals surface area (Å²) < 4.78 is 0. The zero-order chi connectivity index (χ0) is 9.68. The quantitative estimate of drug-likeness (QED) is 0.732. The minimum atomic E-state index is -0.0922. The second-order valence-electron chi connectivity index (χ2n) is 2.87. The lowest BCUT2D eigenvalue weighted by Gasteiger charge is -2.03. The molecule has 1 aromatic rings. The Morgan fingerprint density at radius 3 is 2.92 bits per heavy atom. The number of rotatable bonds is 4. The molecule has 1 rings (SSSR count). The summed E-state index contributed by atoms with van der Waals surface area (Å²) in [6.07, 6.45) is 1.80. The summed E-state index contributed by atoms with van der Waals surface area (Å²) in [6, 6.07) is 1.52. The predicted molar refractivity (Wildman–Crippen MR) is 53.0 cm³/mol. The van der Waals surface area contributed by atoms with Gasteiger partial charge < -0.3 is 5.32 Å². The summed E-state index contributed by atoms with van der Waals surface area (Å²) in [5, 5.41) is 3.04. The monoisotopic (exact) mass is 181 g/mol. The van der Waals surface area contributed by atoms with Gasteiger partial charge in [-0.3, -0.25) is 9.78 Å². The molecule has 2 N–H and O–H groups in total. The fourth-order valence-electron chi connectivity index (χ4n) is 1.02. The lowest BCUT2D eigenvalue weighted by atomic mass is 10.3. The summed E-state index contributed by atoms with van der Waals surface area (Å²) in [4.78, 5) is 18.0. The lowest BCUT2D eigenvalue weighted by Crippen LogP contribution is -2.14. The number of nitrogens with one attached hydrogen (secondary N) is 2. The van der Waals surface area contributed by atoms with E-state index in [4.69, 9.17) is 0 Å². The van der Waals surface area contributed by atoms with E-state index in [2.05, 4.69) is 22.2 Å². The molecule has 1 aromatic heterocycles. The van der Waals surface area contributed by atoms with E-state index in [0.717, 1.165) is 25.1 Å². The average molecular weight is 181 g/mol. The Labute approximate surface area is 77.4 Å². The molecule has 1 heterocycles. The fourth-order valence-corrected chi connectivity index (χ4v) is 1.02. The smallest absolute Gasteiger partial charge is 0.252 e. The van der Waals surface area contributed by atoms with Crippen LogP contribution in [0.2, 0.25) is 0 Å². The molecule has 0 spiro atoms. The molecule has 0 fully saturated rings. The molecule has 0 radical (unpaired) electrons. The third-order valence-corrected chi connectivity index (χ3v) is 1.70. The molecular formula is C9H15N3O. The zero-order valence-corrected chi connectivity index (χ0v) is 8.05. The SMILES string of the molecule is CCCNc1nc(CC)cc(=O)[nH]1. The normalized spacial score (nSPS) is 10.0. The number of aryl methyl sites for hydroxylation is 1. The third kappa shape index (κ3) is 2.89. The topological polar surface area (TPSA) is 57.8 Å². The molecule has 4 heteroatoms. The first-order valence-corrected chi connectivity index (χ1v) is 4.60. The van der Waals surface area contributed by atoms with Crippen LogP contribution in [0.3, 0.4) is 0 Å². The number of nitrogens with zero attached hydrogens (tertiary/aromatic N) is 1. The minimum Gasteiger partial charge on any atom is -0.356 e. The maximum absolute atomic E-state index is 11.1. The van der Waals surface area contributed by atoms with Gasteiger partial charge in [-0.1, -0.05) is 13.8 Å². The van der Waals surface area contributed by atoms with Crippen molar-refractivity contribution in [3.63, 3.8) is 0 Å². The van der Waals surface area contributed by atoms with Crippen molar-refractivity contribution < 1.29 is 0 Å². The number of hydrogen-bond acceptors (Lipinski definition) is 3. The number of aromatic amines is 1. The van der Waals surface area contributed by atoms with Crippen LogP contribution in [0.5, 0.6) is 0 Å². The second-order valence-corrected chi connectivity index (χ2v) is 2.87. The molecule has 0 aromatic carbocycles. The molecule has 13 heavy (non-hydrogen) atoms. The van der Waals surface area contributed by atoms with Crippen molar-refractivity contribution in [3.8, 4) is 0 Å². The van der Waals surface area contributed by atoms with Crippen molar-refractivity contribution in [2.24, 2.45) is 0 Å². The second kappa shape index (κ2) is 4.64. The van der Waals surface area contributed by atoms with Crippen molar-refractivity contribution >= 4 is 5.95 Å². The zero-order valence-electron chi connectivity index (χ0n) is 8.05. The summed E-state index contributed by atoms with van der Waals surface area (Å²) in [7, 11) is 0. The van der Waals surface area contributed by atoms with Crippen LogP contribution in [-0.2, 0) is 6.42 Å². The van der Waals surface area contributed by atoms with Gasteiger partial charge in [0.05, 0.1) is 0 Å². The Hall–Kier alpha value is -1.32.